The van der Waals surface area contributed by atoms with E-state index in [-0.39, 0.29) is 0 Å². The molecule has 10 aromatic rings. The summed E-state index contributed by atoms with van der Waals surface area (Å²) in [6.07, 6.45) is 0. The van der Waals surface area contributed by atoms with Crippen LogP contribution in [0.4, 0.5) is 0 Å². The minimum absolute atomic E-state index is 0.705. The summed E-state index contributed by atoms with van der Waals surface area (Å²) in [4.78, 5) is 10.2. The van der Waals surface area contributed by atoms with Crippen molar-refractivity contribution in [1.29, 1.82) is 0 Å². The van der Waals surface area contributed by atoms with Crippen LogP contribution < -0.4 is 0 Å². The highest BCUT2D eigenvalue weighted by molar-refractivity contribution is 6.27. The molecule has 0 fully saturated rings. The van der Waals surface area contributed by atoms with Gasteiger partial charge in [-0.3, -0.25) is 0 Å². The molecule has 0 aliphatic carbocycles. The van der Waals surface area contributed by atoms with E-state index in [1.807, 2.05) is 30.3 Å². The molecule has 0 saturated carbocycles. The fourth-order valence-corrected chi connectivity index (χ4v) is 7.19. The summed E-state index contributed by atoms with van der Waals surface area (Å²) >= 11 is 0. The molecule has 10 rings (SSSR count). The van der Waals surface area contributed by atoms with Crippen molar-refractivity contribution in [3.8, 4) is 39.5 Å². The van der Waals surface area contributed by atoms with E-state index in [9.17, 15) is 0 Å². The van der Waals surface area contributed by atoms with Gasteiger partial charge in [0.1, 0.15) is 11.2 Å². The first-order chi connectivity index (χ1) is 23.8. The Balaban J connectivity index is 1.10. The predicted octanol–water partition coefficient (Wildman–Crippen LogP) is 11.6. The van der Waals surface area contributed by atoms with Gasteiger partial charge < -0.3 is 8.98 Å². The van der Waals surface area contributed by atoms with Gasteiger partial charge in [-0.05, 0) is 65.7 Å². The van der Waals surface area contributed by atoms with Crippen molar-refractivity contribution in [2.24, 2.45) is 0 Å². The smallest absolute Gasteiger partial charge is 0.160 e. The van der Waals surface area contributed by atoms with E-state index >= 15 is 0 Å². The first-order valence-corrected chi connectivity index (χ1v) is 16.2. The third-order valence-electron chi connectivity index (χ3n) is 9.43. The standard InChI is InChI=1S/C44H27N3O/c1-2-10-28(11-3-1)29-18-20-30(21-19-29)43-33-12-4-7-15-36(33)45-44(46-43)31-22-24-32(25-23-31)47-37-16-8-5-13-34(37)41-38(47)26-27-40-42(41)35-14-6-9-17-39(35)48-40/h1-27H. The van der Waals surface area contributed by atoms with Crippen LogP contribution in [0.3, 0.4) is 0 Å². The van der Waals surface area contributed by atoms with Gasteiger partial charge in [-0.2, -0.15) is 0 Å². The van der Waals surface area contributed by atoms with Crippen LogP contribution in [0.5, 0.6) is 0 Å². The Kier molecular flexibility index (Phi) is 5.84. The molecule has 3 heterocycles. The second-order valence-electron chi connectivity index (χ2n) is 12.2. The normalized spacial score (nSPS) is 11.8. The van der Waals surface area contributed by atoms with E-state index in [4.69, 9.17) is 14.4 Å². The monoisotopic (exact) mass is 613 g/mol. The van der Waals surface area contributed by atoms with Gasteiger partial charge in [0.15, 0.2) is 5.82 Å². The average molecular weight is 614 g/mol. The van der Waals surface area contributed by atoms with Crippen molar-refractivity contribution in [3.05, 3.63) is 164 Å². The lowest BCUT2D eigenvalue weighted by molar-refractivity contribution is 0.669. The second kappa shape index (κ2) is 10.5. The Hall–Kier alpha value is -6.52. The summed E-state index contributed by atoms with van der Waals surface area (Å²) in [6.45, 7) is 0. The predicted molar refractivity (Wildman–Crippen MR) is 197 cm³/mol. The lowest BCUT2D eigenvalue weighted by Crippen LogP contribution is -1.97. The molecule has 7 aromatic carbocycles. The lowest BCUT2D eigenvalue weighted by atomic mass is 10.0. The first-order valence-electron chi connectivity index (χ1n) is 16.2. The molecule has 0 unspecified atom stereocenters. The van der Waals surface area contributed by atoms with Crippen LogP contribution in [0.2, 0.25) is 0 Å². The summed E-state index contributed by atoms with van der Waals surface area (Å²) in [7, 11) is 0. The van der Waals surface area contributed by atoms with E-state index in [1.165, 1.54) is 21.9 Å². The Labute approximate surface area is 276 Å². The van der Waals surface area contributed by atoms with E-state index in [0.29, 0.717) is 5.82 Å². The summed E-state index contributed by atoms with van der Waals surface area (Å²) in [6, 6.07) is 57.2. The zero-order chi connectivity index (χ0) is 31.6. The van der Waals surface area contributed by atoms with E-state index < -0.39 is 0 Å². The Bertz CT molecular complexity index is 2810. The number of hydrogen-bond donors (Lipinski definition) is 0. The fraction of sp³-hybridized carbons (Fsp3) is 0. The van der Waals surface area contributed by atoms with Gasteiger partial charge in [-0.25, -0.2) is 9.97 Å². The number of para-hydroxylation sites is 3. The molecule has 0 atom stereocenters. The van der Waals surface area contributed by atoms with Crippen molar-refractivity contribution in [3.63, 3.8) is 0 Å². The highest BCUT2D eigenvalue weighted by Crippen LogP contribution is 2.41. The van der Waals surface area contributed by atoms with Gasteiger partial charge in [-0.15, -0.1) is 0 Å². The molecule has 4 nitrogen and oxygen atoms in total. The van der Waals surface area contributed by atoms with Crippen molar-refractivity contribution in [2.75, 3.05) is 0 Å². The molecule has 224 valence electrons. The minimum Gasteiger partial charge on any atom is -0.456 e. The maximum atomic E-state index is 6.26. The van der Waals surface area contributed by atoms with Gasteiger partial charge in [0.05, 0.1) is 22.2 Å². The molecule has 0 aliphatic heterocycles. The summed E-state index contributed by atoms with van der Waals surface area (Å²) in [5.74, 6) is 0.705. The fourth-order valence-electron chi connectivity index (χ4n) is 7.19. The Morgan fingerprint density at radius 1 is 0.396 bits per heavy atom. The largest absolute Gasteiger partial charge is 0.456 e. The molecule has 0 N–H and O–H groups in total. The number of furan rings is 1. The molecule has 0 amide bonds. The van der Waals surface area contributed by atoms with E-state index in [1.54, 1.807) is 0 Å². The van der Waals surface area contributed by atoms with Crippen LogP contribution in [0.1, 0.15) is 0 Å². The maximum absolute atomic E-state index is 6.26. The lowest BCUT2D eigenvalue weighted by Gasteiger charge is -2.12. The number of aromatic nitrogens is 3. The Morgan fingerprint density at radius 3 is 1.88 bits per heavy atom. The van der Waals surface area contributed by atoms with Crippen LogP contribution in [0.15, 0.2) is 168 Å². The van der Waals surface area contributed by atoms with Crippen molar-refractivity contribution < 1.29 is 4.42 Å². The molecule has 0 saturated heterocycles. The molecular formula is C44H27N3O. The van der Waals surface area contributed by atoms with E-state index in [0.717, 1.165) is 66.4 Å². The van der Waals surface area contributed by atoms with Crippen molar-refractivity contribution >= 4 is 54.6 Å². The van der Waals surface area contributed by atoms with Gasteiger partial charge >= 0.3 is 0 Å². The Morgan fingerprint density at radius 2 is 1.04 bits per heavy atom. The SMILES string of the molecule is c1ccc(-c2ccc(-c3nc(-c4ccc(-n5c6ccccc6c6c7c(ccc65)oc5ccccc57)cc4)nc4ccccc34)cc2)cc1. The third-order valence-corrected chi connectivity index (χ3v) is 9.43. The van der Waals surface area contributed by atoms with Gasteiger partial charge in [0, 0.05) is 43.7 Å². The van der Waals surface area contributed by atoms with Crippen LogP contribution in [-0.2, 0) is 0 Å². The van der Waals surface area contributed by atoms with Crippen LogP contribution in [0, 0.1) is 0 Å². The first kappa shape index (κ1) is 26.7. The van der Waals surface area contributed by atoms with Crippen molar-refractivity contribution in [1.82, 2.24) is 14.5 Å². The maximum Gasteiger partial charge on any atom is 0.160 e. The number of rotatable bonds is 4. The zero-order valence-electron chi connectivity index (χ0n) is 25.8. The molecule has 0 bridgehead atoms. The summed E-state index contributed by atoms with van der Waals surface area (Å²) < 4.78 is 8.61. The van der Waals surface area contributed by atoms with Crippen LogP contribution in [-0.4, -0.2) is 14.5 Å². The molecule has 0 spiro atoms. The highest BCUT2D eigenvalue weighted by atomic mass is 16.3. The molecule has 4 heteroatoms. The molecule has 0 radical (unpaired) electrons. The van der Waals surface area contributed by atoms with Crippen LogP contribution >= 0.6 is 0 Å². The van der Waals surface area contributed by atoms with E-state index in [2.05, 4.69) is 138 Å². The van der Waals surface area contributed by atoms with Gasteiger partial charge in [-0.1, -0.05) is 109 Å². The van der Waals surface area contributed by atoms with Gasteiger partial charge in [0.2, 0.25) is 0 Å². The molecule has 3 aromatic heterocycles. The average Bonchev–Trinajstić information content (AvgIpc) is 3.70. The molecule has 0 aliphatic rings. The zero-order valence-corrected chi connectivity index (χ0v) is 25.8. The van der Waals surface area contributed by atoms with Gasteiger partial charge in [0.25, 0.3) is 0 Å². The molecule has 48 heavy (non-hydrogen) atoms. The highest BCUT2D eigenvalue weighted by Gasteiger charge is 2.19. The number of fused-ring (bicyclic) bond motifs is 8. The van der Waals surface area contributed by atoms with Crippen LogP contribution in [0.25, 0.3) is 94.1 Å². The topological polar surface area (TPSA) is 43.9 Å². The second-order valence-corrected chi connectivity index (χ2v) is 12.2. The number of hydrogen-bond acceptors (Lipinski definition) is 3. The summed E-state index contributed by atoms with van der Waals surface area (Å²) in [5, 5.41) is 5.74. The summed E-state index contributed by atoms with van der Waals surface area (Å²) in [5.41, 5.74) is 11.4. The quantitative estimate of drug-likeness (QED) is 0.198. The number of nitrogens with zero attached hydrogens (tertiary/aromatic N) is 3. The number of benzene rings is 7. The third kappa shape index (κ3) is 4.10. The van der Waals surface area contributed by atoms with Crippen molar-refractivity contribution in [2.45, 2.75) is 0 Å². The minimum atomic E-state index is 0.705. The molecular weight excluding hydrogens is 587 g/mol.